The SMILES string of the molecule is C=C(/C(C)=C\n1nc([C@@H]2CCCCN2C(=O)c2ccccc2C)cc1C)N1CCC(C#N)C1. The van der Waals surface area contributed by atoms with Gasteiger partial charge in [0.05, 0.1) is 23.7 Å². The van der Waals surface area contributed by atoms with Crippen LogP contribution in [0, 0.1) is 31.1 Å². The number of allylic oxidation sites excluding steroid dienone is 1. The Labute approximate surface area is 196 Å². The van der Waals surface area contributed by atoms with Crippen molar-refractivity contribution in [3.8, 4) is 6.07 Å². The number of nitriles is 1. The number of hydrogen-bond acceptors (Lipinski definition) is 4. The van der Waals surface area contributed by atoms with E-state index in [1.54, 1.807) is 0 Å². The number of piperidine rings is 1. The smallest absolute Gasteiger partial charge is 0.254 e. The molecule has 6 nitrogen and oxygen atoms in total. The molecule has 1 aromatic heterocycles. The van der Waals surface area contributed by atoms with Crippen LogP contribution >= 0.6 is 0 Å². The van der Waals surface area contributed by atoms with Crippen molar-refractivity contribution in [1.82, 2.24) is 19.6 Å². The number of rotatable bonds is 5. The summed E-state index contributed by atoms with van der Waals surface area (Å²) < 4.78 is 1.90. The molecule has 2 fully saturated rings. The van der Waals surface area contributed by atoms with E-state index in [1.165, 1.54) is 0 Å². The number of carbonyl (C=O) groups is 1. The maximum absolute atomic E-state index is 13.4. The molecule has 6 heteroatoms. The fourth-order valence-corrected chi connectivity index (χ4v) is 4.87. The maximum Gasteiger partial charge on any atom is 0.254 e. The summed E-state index contributed by atoms with van der Waals surface area (Å²) in [5.74, 6) is 0.168. The van der Waals surface area contributed by atoms with Gasteiger partial charge >= 0.3 is 0 Å². The van der Waals surface area contributed by atoms with Crippen LogP contribution in [0.25, 0.3) is 6.20 Å². The second-order valence-corrected chi connectivity index (χ2v) is 9.30. The van der Waals surface area contributed by atoms with Gasteiger partial charge in [-0.15, -0.1) is 0 Å². The summed E-state index contributed by atoms with van der Waals surface area (Å²) in [5.41, 5.74) is 5.72. The Morgan fingerprint density at radius 2 is 2.00 bits per heavy atom. The molecule has 0 saturated carbocycles. The third kappa shape index (κ3) is 4.73. The molecule has 2 saturated heterocycles. The van der Waals surface area contributed by atoms with E-state index in [2.05, 4.69) is 23.6 Å². The predicted molar refractivity (Wildman–Crippen MR) is 130 cm³/mol. The first kappa shape index (κ1) is 22.8. The lowest BCUT2D eigenvalue weighted by Gasteiger charge is -2.35. The highest BCUT2D eigenvalue weighted by atomic mass is 16.2. The third-order valence-corrected chi connectivity index (χ3v) is 6.95. The minimum atomic E-state index is -0.0160. The average molecular weight is 444 g/mol. The van der Waals surface area contributed by atoms with E-state index in [-0.39, 0.29) is 17.9 Å². The summed E-state index contributed by atoms with van der Waals surface area (Å²) in [6.45, 7) is 12.7. The lowest BCUT2D eigenvalue weighted by molar-refractivity contribution is 0.0605. The van der Waals surface area contributed by atoms with Crippen molar-refractivity contribution in [2.24, 2.45) is 5.92 Å². The van der Waals surface area contributed by atoms with E-state index in [9.17, 15) is 10.1 Å². The van der Waals surface area contributed by atoms with Crippen LogP contribution in [0.2, 0.25) is 0 Å². The van der Waals surface area contributed by atoms with Crippen LogP contribution in [0.5, 0.6) is 0 Å². The zero-order valence-electron chi connectivity index (χ0n) is 19.9. The predicted octanol–water partition coefficient (Wildman–Crippen LogP) is 5.09. The van der Waals surface area contributed by atoms with Crippen molar-refractivity contribution < 1.29 is 4.79 Å². The fraction of sp³-hybridized carbons (Fsp3) is 0.444. The second-order valence-electron chi connectivity index (χ2n) is 9.30. The van der Waals surface area contributed by atoms with Crippen LogP contribution < -0.4 is 0 Å². The molecule has 2 atom stereocenters. The largest absolute Gasteiger partial charge is 0.370 e. The topological polar surface area (TPSA) is 65.2 Å². The zero-order chi connectivity index (χ0) is 23.5. The van der Waals surface area contributed by atoms with Crippen LogP contribution in [0.15, 0.2) is 48.2 Å². The van der Waals surface area contributed by atoms with Crippen LogP contribution in [0.3, 0.4) is 0 Å². The summed E-state index contributed by atoms with van der Waals surface area (Å²) >= 11 is 0. The number of nitrogens with zero attached hydrogens (tertiary/aromatic N) is 5. The van der Waals surface area contributed by atoms with Gasteiger partial charge in [0.25, 0.3) is 5.91 Å². The minimum absolute atomic E-state index is 0.0160. The maximum atomic E-state index is 13.4. The van der Waals surface area contributed by atoms with Gasteiger partial charge in [0.2, 0.25) is 0 Å². The van der Waals surface area contributed by atoms with Crippen molar-refractivity contribution >= 4 is 12.1 Å². The van der Waals surface area contributed by atoms with Crippen molar-refractivity contribution in [2.45, 2.75) is 52.5 Å². The molecule has 0 bridgehead atoms. The molecular weight excluding hydrogens is 410 g/mol. The van der Waals surface area contributed by atoms with E-state index in [0.717, 1.165) is 79.1 Å². The third-order valence-electron chi connectivity index (χ3n) is 6.95. The molecule has 0 N–H and O–H groups in total. The van der Waals surface area contributed by atoms with Crippen molar-refractivity contribution in [3.05, 3.63) is 70.7 Å². The lowest BCUT2D eigenvalue weighted by Crippen LogP contribution is -2.39. The Morgan fingerprint density at radius 3 is 2.73 bits per heavy atom. The first-order chi connectivity index (χ1) is 15.9. The molecule has 172 valence electrons. The van der Waals surface area contributed by atoms with Crippen LogP contribution in [0.4, 0.5) is 0 Å². The summed E-state index contributed by atoms with van der Waals surface area (Å²) in [6.07, 6.45) is 5.94. The van der Waals surface area contributed by atoms with Gasteiger partial charge in [0.1, 0.15) is 0 Å². The number of aryl methyl sites for hydroxylation is 2. The number of likely N-dealkylation sites (tertiary alicyclic amines) is 2. The molecule has 3 heterocycles. The highest BCUT2D eigenvalue weighted by molar-refractivity contribution is 5.96. The Balaban J connectivity index is 1.55. The Hall–Kier alpha value is -3.33. The highest BCUT2D eigenvalue weighted by Gasteiger charge is 2.31. The number of amides is 1. The Morgan fingerprint density at radius 1 is 1.21 bits per heavy atom. The van der Waals surface area contributed by atoms with Gasteiger partial charge < -0.3 is 9.80 Å². The van der Waals surface area contributed by atoms with E-state index in [4.69, 9.17) is 5.10 Å². The fourth-order valence-electron chi connectivity index (χ4n) is 4.87. The Kier molecular flexibility index (Phi) is 6.69. The lowest BCUT2D eigenvalue weighted by atomic mass is 9.97. The second kappa shape index (κ2) is 9.66. The number of aromatic nitrogens is 2. The quantitative estimate of drug-likeness (QED) is 0.604. The molecule has 4 rings (SSSR count). The van der Waals surface area contributed by atoms with Crippen molar-refractivity contribution in [1.29, 1.82) is 5.26 Å². The van der Waals surface area contributed by atoms with Gasteiger partial charge in [-0.05, 0) is 69.7 Å². The van der Waals surface area contributed by atoms with E-state index in [0.29, 0.717) is 0 Å². The molecule has 2 aliphatic rings. The molecule has 0 radical (unpaired) electrons. The molecule has 1 aromatic carbocycles. The first-order valence-electron chi connectivity index (χ1n) is 11.8. The number of carbonyl (C=O) groups excluding carboxylic acids is 1. The average Bonchev–Trinajstić information content (AvgIpc) is 3.45. The van der Waals surface area contributed by atoms with E-state index < -0.39 is 0 Å². The first-order valence-corrected chi connectivity index (χ1v) is 11.8. The van der Waals surface area contributed by atoms with Gasteiger partial charge in [-0.2, -0.15) is 10.4 Å². The number of hydrogen-bond donors (Lipinski definition) is 0. The van der Waals surface area contributed by atoms with Gasteiger partial charge in [0.15, 0.2) is 0 Å². The highest BCUT2D eigenvalue weighted by Crippen LogP contribution is 2.32. The molecule has 0 aliphatic carbocycles. The standard InChI is InChI=1S/C27H33N5O/c1-19-9-5-6-10-24(19)27(33)31-13-8-7-11-26(31)25-15-21(3)32(29-25)17-20(2)22(4)30-14-12-23(16-28)18-30/h5-6,9-10,15,17,23,26H,4,7-8,11-14,18H2,1-3H3/b20-17-/t23?,26-/m0/s1. The summed E-state index contributed by atoms with van der Waals surface area (Å²) in [6, 6.07) is 12.3. The number of benzene rings is 1. The summed E-state index contributed by atoms with van der Waals surface area (Å²) in [7, 11) is 0. The van der Waals surface area contributed by atoms with Crippen LogP contribution in [0.1, 0.15) is 66.0 Å². The normalized spacial score (nSPS) is 21.2. The van der Waals surface area contributed by atoms with Crippen LogP contribution in [-0.4, -0.2) is 45.1 Å². The van der Waals surface area contributed by atoms with Gasteiger partial charge in [0, 0.05) is 42.8 Å². The van der Waals surface area contributed by atoms with Crippen LogP contribution in [-0.2, 0) is 0 Å². The summed E-state index contributed by atoms with van der Waals surface area (Å²) in [4.78, 5) is 17.6. The zero-order valence-corrected chi connectivity index (χ0v) is 19.9. The van der Waals surface area contributed by atoms with Crippen molar-refractivity contribution in [2.75, 3.05) is 19.6 Å². The molecule has 2 aliphatic heterocycles. The van der Waals surface area contributed by atoms with E-state index in [1.807, 2.05) is 60.8 Å². The van der Waals surface area contributed by atoms with Crippen molar-refractivity contribution in [3.63, 3.8) is 0 Å². The van der Waals surface area contributed by atoms with E-state index >= 15 is 0 Å². The monoisotopic (exact) mass is 443 g/mol. The molecule has 33 heavy (non-hydrogen) atoms. The van der Waals surface area contributed by atoms with Gasteiger partial charge in [-0.25, -0.2) is 4.68 Å². The minimum Gasteiger partial charge on any atom is -0.370 e. The molecule has 2 aromatic rings. The van der Waals surface area contributed by atoms with Gasteiger partial charge in [-0.1, -0.05) is 24.8 Å². The summed E-state index contributed by atoms with van der Waals surface area (Å²) in [5, 5.41) is 14.1. The molecule has 1 amide bonds. The van der Waals surface area contributed by atoms with Gasteiger partial charge in [-0.3, -0.25) is 4.79 Å². The molecular formula is C27H33N5O. The molecule has 1 unspecified atom stereocenters. The molecule has 0 spiro atoms. The Bertz CT molecular complexity index is 1120.